The summed E-state index contributed by atoms with van der Waals surface area (Å²) in [5, 5.41) is 9.96. The summed E-state index contributed by atoms with van der Waals surface area (Å²) in [7, 11) is 7.57. The van der Waals surface area contributed by atoms with Crippen LogP contribution in [-0.2, 0) is 0 Å². The Morgan fingerprint density at radius 2 is 1.67 bits per heavy atom. The fourth-order valence-corrected chi connectivity index (χ4v) is 1.64. The second-order valence-corrected chi connectivity index (χ2v) is 4.50. The lowest BCUT2D eigenvalue weighted by Gasteiger charge is -2.23. The van der Waals surface area contributed by atoms with Gasteiger partial charge in [-0.3, -0.25) is 0 Å². The molecule has 18 heavy (non-hydrogen) atoms. The molecule has 0 amide bonds. The first kappa shape index (κ1) is 14.4. The van der Waals surface area contributed by atoms with E-state index in [1.807, 2.05) is 38.0 Å². The number of nitrogens with zero attached hydrogens (tertiary/aromatic N) is 3. The van der Waals surface area contributed by atoms with Crippen molar-refractivity contribution in [2.24, 2.45) is 4.99 Å². The number of hydrogen-bond donors (Lipinski definition) is 1. The van der Waals surface area contributed by atoms with E-state index < -0.39 is 6.10 Å². The van der Waals surface area contributed by atoms with Crippen LogP contribution in [-0.4, -0.2) is 55.6 Å². The molecule has 0 radical (unpaired) electrons. The summed E-state index contributed by atoms with van der Waals surface area (Å²) in [4.78, 5) is 8.09. The fourth-order valence-electron chi connectivity index (χ4n) is 1.64. The average Bonchev–Trinajstić information content (AvgIpc) is 2.28. The van der Waals surface area contributed by atoms with Crippen molar-refractivity contribution in [1.29, 1.82) is 0 Å². The van der Waals surface area contributed by atoms with Gasteiger partial charge < -0.3 is 14.9 Å². The lowest BCUT2D eigenvalue weighted by atomic mass is 10.1. The molecule has 0 aromatic heterocycles. The summed E-state index contributed by atoms with van der Waals surface area (Å²) in [5.74, 6) is 0.466. The van der Waals surface area contributed by atoms with Crippen LogP contribution in [0.2, 0.25) is 0 Å². The Morgan fingerprint density at radius 1 is 1.17 bits per heavy atom. The Labute approximate surface area is 107 Å². The summed E-state index contributed by atoms with van der Waals surface area (Å²) < 4.78 is 12.8. The fraction of sp³-hybridized carbons (Fsp3) is 0.462. The zero-order chi connectivity index (χ0) is 13.7. The van der Waals surface area contributed by atoms with Crippen LogP contribution in [0.15, 0.2) is 29.3 Å². The number of aliphatic hydroxyl groups excluding tert-OH is 1. The van der Waals surface area contributed by atoms with Gasteiger partial charge >= 0.3 is 0 Å². The molecule has 0 fully saturated rings. The van der Waals surface area contributed by atoms with E-state index in [2.05, 4.69) is 4.99 Å². The highest BCUT2D eigenvalue weighted by atomic mass is 19.1. The average molecular weight is 253 g/mol. The van der Waals surface area contributed by atoms with E-state index in [0.717, 1.165) is 5.96 Å². The molecule has 1 atom stereocenters. The predicted molar refractivity (Wildman–Crippen MR) is 71.0 cm³/mol. The summed E-state index contributed by atoms with van der Waals surface area (Å²) in [5.41, 5.74) is 0.664. The molecule has 0 aliphatic rings. The van der Waals surface area contributed by atoms with E-state index in [4.69, 9.17) is 0 Å². The lowest BCUT2D eigenvalue weighted by molar-refractivity contribution is 0.186. The predicted octanol–water partition coefficient (Wildman–Crippen LogP) is 1.34. The molecule has 0 aliphatic carbocycles. The van der Waals surface area contributed by atoms with Gasteiger partial charge in [-0.15, -0.1) is 0 Å². The van der Waals surface area contributed by atoms with Crippen LogP contribution < -0.4 is 0 Å². The molecule has 0 aliphatic heterocycles. The Bertz CT molecular complexity index is 391. The van der Waals surface area contributed by atoms with Gasteiger partial charge in [-0.25, -0.2) is 9.38 Å². The minimum absolute atomic E-state index is 0.247. The van der Waals surface area contributed by atoms with Crippen molar-refractivity contribution in [2.75, 3.05) is 34.7 Å². The maximum Gasteiger partial charge on any atom is 0.195 e. The maximum absolute atomic E-state index is 12.8. The smallest absolute Gasteiger partial charge is 0.195 e. The number of benzene rings is 1. The zero-order valence-corrected chi connectivity index (χ0v) is 11.3. The molecule has 1 unspecified atom stereocenters. The summed E-state index contributed by atoms with van der Waals surface area (Å²) in [6.45, 7) is 0.247. The first-order chi connectivity index (χ1) is 8.41. The van der Waals surface area contributed by atoms with Crippen molar-refractivity contribution >= 4 is 5.96 Å². The molecule has 1 aromatic rings. The molecule has 1 aromatic carbocycles. The largest absolute Gasteiger partial charge is 0.386 e. The van der Waals surface area contributed by atoms with Crippen LogP contribution in [0.1, 0.15) is 11.7 Å². The normalized spacial score (nSPS) is 11.9. The van der Waals surface area contributed by atoms with Crippen molar-refractivity contribution < 1.29 is 9.50 Å². The second-order valence-electron chi connectivity index (χ2n) is 4.50. The topological polar surface area (TPSA) is 39.1 Å². The van der Waals surface area contributed by atoms with Crippen LogP contribution in [0.25, 0.3) is 0 Å². The number of aliphatic imine (C=N–C) groups is 1. The van der Waals surface area contributed by atoms with E-state index in [1.165, 1.54) is 12.1 Å². The monoisotopic (exact) mass is 253 g/mol. The van der Waals surface area contributed by atoms with Crippen molar-refractivity contribution in [2.45, 2.75) is 6.10 Å². The van der Waals surface area contributed by atoms with Crippen LogP contribution in [0.4, 0.5) is 4.39 Å². The first-order valence-corrected chi connectivity index (χ1v) is 5.74. The van der Waals surface area contributed by atoms with Gasteiger partial charge in [0.1, 0.15) is 5.82 Å². The quantitative estimate of drug-likeness (QED) is 0.652. The molecular formula is C13H20FN3O. The van der Waals surface area contributed by atoms with Crippen LogP contribution in [0.3, 0.4) is 0 Å². The summed E-state index contributed by atoms with van der Waals surface area (Å²) in [6.07, 6.45) is -0.722. The SMILES string of the molecule is CN(C)C(=NCC(O)c1ccc(F)cc1)N(C)C. The van der Waals surface area contributed by atoms with E-state index in [1.54, 1.807) is 12.1 Å². The van der Waals surface area contributed by atoms with E-state index in [0.29, 0.717) is 5.56 Å². The summed E-state index contributed by atoms with van der Waals surface area (Å²) >= 11 is 0. The van der Waals surface area contributed by atoms with Crippen molar-refractivity contribution in [3.8, 4) is 0 Å². The summed E-state index contributed by atoms with van der Waals surface area (Å²) in [6, 6.07) is 5.81. The molecule has 1 N–H and O–H groups in total. The van der Waals surface area contributed by atoms with Gasteiger partial charge in [0.05, 0.1) is 12.6 Å². The van der Waals surface area contributed by atoms with Crippen molar-refractivity contribution in [1.82, 2.24) is 9.80 Å². The minimum Gasteiger partial charge on any atom is -0.386 e. The molecule has 0 saturated heterocycles. The van der Waals surface area contributed by atoms with Crippen molar-refractivity contribution in [3.05, 3.63) is 35.6 Å². The first-order valence-electron chi connectivity index (χ1n) is 5.74. The molecule has 5 heteroatoms. The molecule has 0 bridgehead atoms. The highest BCUT2D eigenvalue weighted by molar-refractivity contribution is 5.79. The van der Waals surface area contributed by atoms with Gasteiger partial charge in [0, 0.05) is 28.2 Å². The van der Waals surface area contributed by atoms with Crippen molar-refractivity contribution in [3.63, 3.8) is 0 Å². The van der Waals surface area contributed by atoms with Gasteiger partial charge in [-0.1, -0.05) is 12.1 Å². The Balaban J connectivity index is 2.72. The number of hydrogen-bond acceptors (Lipinski definition) is 2. The molecule has 1 rings (SSSR count). The van der Waals surface area contributed by atoms with Crippen LogP contribution in [0, 0.1) is 5.82 Å². The number of halogens is 1. The molecule has 0 spiro atoms. The molecular weight excluding hydrogens is 233 g/mol. The van der Waals surface area contributed by atoms with Gasteiger partial charge in [0.2, 0.25) is 0 Å². The third-order valence-corrected chi connectivity index (χ3v) is 2.46. The zero-order valence-electron chi connectivity index (χ0n) is 11.3. The van der Waals surface area contributed by atoms with E-state index in [-0.39, 0.29) is 12.4 Å². The Morgan fingerprint density at radius 3 is 2.11 bits per heavy atom. The van der Waals surface area contributed by atoms with Crippen LogP contribution in [0.5, 0.6) is 0 Å². The molecule has 0 saturated carbocycles. The van der Waals surface area contributed by atoms with Gasteiger partial charge in [-0.05, 0) is 17.7 Å². The third-order valence-electron chi connectivity index (χ3n) is 2.46. The number of aliphatic hydroxyl groups is 1. The van der Waals surface area contributed by atoms with Gasteiger partial charge in [0.25, 0.3) is 0 Å². The molecule has 100 valence electrons. The maximum atomic E-state index is 12.8. The van der Waals surface area contributed by atoms with Gasteiger partial charge in [-0.2, -0.15) is 0 Å². The second kappa shape index (κ2) is 6.35. The lowest BCUT2D eigenvalue weighted by Crippen LogP contribution is -2.35. The minimum atomic E-state index is -0.722. The standard InChI is InChI=1S/C13H20FN3O/c1-16(2)13(17(3)4)15-9-12(18)10-5-7-11(14)8-6-10/h5-8,12,18H,9H2,1-4H3. The van der Waals surface area contributed by atoms with E-state index >= 15 is 0 Å². The van der Waals surface area contributed by atoms with Gasteiger partial charge in [0.15, 0.2) is 5.96 Å². The number of guanidine groups is 1. The van der Waals surface area contributed by atoms with Crippen LogP contribution >= 0.6 is 0 Å². The Hall–Kier alpha value is -1.62. The highest BCUT2D eigenvalue weighted by Gasteiger charge is 2.09. The number of rotatable bonds is 3. The third kappa shape index (κ3) is 4.00. The molecule has 0 heterocycles. The molecule has 4 nitrogen and oxygen atoms in total. The Kier molecular flexibility index (Phi) is 5.09. The van der Waals surface area contributed by atoms with E-state index in [9.17, 15) is 9.50 Å². The highest BCUT2D eigenvalue weighted by Crippen LogP contribution is 2.13.